The van der Waals surface area contributed by atoms with Crippen LogP contribution in [-0.2, 0) is 16.0 Å². The summed E-state index contributed by atoms with van der Waals surface area (Å²) in [6, 6.07) is 17.2. The van der Waals surface area contributed by atoms with Gasteiger partial charge in [0.1, 0.15) is 5.54 Å². The fourth-order valence-corrected chi connectivity index (χ4v) is 4.25. The Kier molecular flexibility index (Phi) is 6.51. The number of aromatic nitrogens is 1. The van der Waals surface area contributed by atoms with Crippen molar-refractivity contribution >= 4 is 22.6 Å². The van der Waals surface area contributed by atoms with Crippen LogP contribution in [0.2, 0.25) is 0 Å². The third kappa shape index (κ3) is 4.97. The lowest BCUT2D eigenvalue weighted by Gasteiger charge is -2.33. The van der Waals surface area contributed by atoms with E-state index in [1.165, 1.54) is 5.56 Å². The zero-order valence-electron chi connectivity index (χ0n) is 18.6. The maximum absolute atomic E-state index is 13.4. The molecule has 6 heteroatoms. The lowest BCUT2D eigenvalue weighted by atomic mass is 9.95. The molecule has 2 amide bonds. The van der Waals surface area contributed by atoms with Crippen molar-refractivity contribution in [2.75, 3.05) is 26.3 Å². The van der Waals surface area contributed by atoms with Crippen LogP contribution in [0, 0.1) is 5.92 Å². The molecule has 3 aromatic rings. The highest BCUT2D eigenvalue weighted by Crippen LogP contribution is 2.23. The predicted molar refractivity (Wildman–Crippen MR) is 124 cm³/mol. The van der Waals surface area contributed by atoms with Crippen LogP contribution in [0.15, 0.2) is 67.0 Å². The van der Waals surface area contributed by atoms with E-state index in [9.17, 15) is 9.59 Å². The highest BCUT2D eigenvalue weighted by atomic mass is 16.5. The molecule has 0 aliphatic carbocycles. The third-order valence-electron chi connectivity index (χ3n) is 5.90. The number of nitrogens with one attached hydrogen (secondary N) is 1. The number of ether oxygens (including phenoxy) is 1. The van der Waals surface area contributed by atoms with E-state index in [-0.39, 0.29) is 17.7 Å². The van der Waals surface area contributed by atoms with E-state index >= 15 is 0 Å². The zero-order valence-corrected chi connectivity index (χ0v) is 18.6. The van der Waals surface area contributed by atoms with Crippen molar-refractivity contribution in [2.45, 2.75) is 25.8 Å². The monoisotopic (exact) mass is 431 g/mol. The lowest BCUT2D eigenvalue weighted by molar-refractivity contribution is -0.137. The van der Waals surface area contributed by atoms with E-state index < -0.39 is 5.54 Å². The van der Waals surface area contributed by atoms with Crippen LogP contribution in [0.1, 0.15) is 29.8 Å². The normalized spacial score (nSPS) is 17.1. The van der Waals surface area contributed by atoms with E-state index in [1.807, 2.05) is 35.4 Å². The Bertz CT molecular complexity index is 1090. The summed E-state index contributed by atoms with van der Waals surface area (Å²) in [5.41, 5.74) is 0.718. The van der Waals surface area contributed by atoms with Crippen LogP contribution in [-0.4, -0.2) is 53.5 Å². The number of pyridine rings is 1. The van der Waals surface area contributed by atoms with Crippen LogP contribution in [0.25, 0.3) is 10.8 Å². The molecule has 1 aliphatic rings. The minimum atomic E-state index is -1.02. The highest BCUT2D eigenvalue weighted by Gasteiger charge is 2.35. The van der Waals surface area contributed by atoms with E-state index in [2.05, 4.69) is 28.5 Å². The zero-order chi connectivity index (χ0) is 22.6. The second-order valence-electron chi connectivity index (χ2n) is 8.86. The molecule has 0 radical (unpaired) electrons. The SMILES string of the molecule is CC(C)(NC(=O)c1ccccc1)C(=O)N1CCOC[C@H](Cc2cccc3ccncc23)C1. The second-order valence-corrected chi connectivity index (χ2v) is 8.86. The van der Waals surface area contributed by atoms with Crippen molar-refractivity contribution in [3.63, 3.8) is 0 Å². The molecule has 1 aliphatic heterocycles. The Labute approximate surface area is 188 Å². The Hall–Kier alpha value is -3.25. The molecule has 0 bridgehead atoms. The van der Waals surface area contributed by atoms with Gasteiger partial charge in [0, 0.05) is 42.4 Å². The maximum Gasteiger partial charge on any atom is 0.252 e. The van der Waals surface area contributed by atoms with E-state index in [1.54, 1.807) is 32.2 Å². The molecular formula is C26H29N3O3. The van der Waals surface area contributed by atoms with Gasteiger partial charge in [-0.05, 0) is 49.4 Å². The van der Waals surface area contributed by atoms with Gasteiger partial charge in [0.15, 0.2) is 0 Å². The number of rotatable bonds is 5. The summed E-state index contributed by atoms with van der Waals surface area (Å²) in [6.45, 7) is 5.69. The van der Waals surface area contributed by atoms with Crippen LogP contribution >= 0.6 is 0 Å². The Morgan fingerprint density at radius 2 is 1.94 bits per heavy atom. The number of fused-ring (bicyclic) bond motifs is 1. The number of nitrogens with zero attached hydrogens (tertiary/aromatic N) is 2. The smallest absolute Gasteiger partial charge is 0.252 e. The summed E-state index contributed by atoms with van der Waals surface area (Å²) in [5, 5.41) is 5.19. The summed E-state index contributed by atoms with van der Waals surface area (Å²) < 4.78 is 5.84. The molecule has 6 nitrogen and oxygen atoms in total. The number of carbonyl (C=O) groups excluding carboxylic acids is 2. The van der Waals surface area contributed by atoms with Crippen LogP contribution in [0.3, 0.4) is 0 Å². The van der Waals surface area contributed by atoms with Crippen molar-refractivity contribution in [2.24, 2.45) is 5.92 Å². The molecular weight excluding hydrogens is 402 g/mol. The van der Waals surface area contributed by atoms with Crippen LogP contribution < -0.4 is 5.32 Å². The molecule has 4 rings (SSSR count). The summed E-state index contributed by atoms with van der Waals surface area (Å²) >= 11 is 0. The molecule has 1 fully saturated rings. The van der Waals surface area contributed by atoms with Gasteiger partial charge in [0.05, 0.1) is 13.2 Å². The molecule has 1 aromatic heterocycles. The van der Waals surface area contributed by atoms with Gasteiger partial charge in [-0.1, -0.05) is 36.4 Å². The van der Waals surface area contributed by atoms with Gasteiger partial charge in [0.25, 0.3) is 5.91 Å². The standard InChI is InChI=1S/C26H29N3O3/c1-26(2,28-24(30)21-7-4-3-5-8-21)25(31)29-13-14-32-18-19(17-29)15-22-10-6-9-20-11-12-27-16-23(20)22/h3-12,16,19H,13-15,17-18H2,1-2H3,(H,28,30)/t19-/m1/s1. The van der Waals surface area contributed by atoms with Gasteiger partial charge < -0.3 is 15.0 Å². The van der Waals surface area contributed by atoms with Crippen molar-refractivity contribution in [3.05, 3.63) is 78.1 Å². The van der Waals surface area contributed by atoms with Gasteiger partial charge in [-0.3, -0.25) is 14.6 Å². The number of carbonyl (C=O) groups is 2. The Balaban J connectivity index is 1.47. The van der Waals surface area contributed by atoms with E-state index in [0.717, 1.165) is 17.2 Å². The first-order valence-corrected chi connectivity index (χ1v) is 11.0. The molecule has 1 atom stereocenters. The topological polar surface area (TPSA) is 71.5 Å². The Morgan fingerprint density at radius 1 is 1.12 bits per heavy atom. The summed E-state index contributed by atoms with van der Waals surface area (Å²) in [4.78, 5) is 32.1. The van der Waals surface area contributed by atoms with Gasteiger partial charge in [-0.2, -0.15) is 0 Å². The van der Waals surface area contributed by atoms with Crippen LogP contribution in [0.5, 0.6) is 0 Å². The molecule has 32 heavy (non-hydrogen) atoms. The average Bonchev–Trinajstić information content (AvgIpc) is 3.04. The first-order valence-electron chi connectivity index (χ1n) is 11.0. The van der Waals surface area contributed by atoms with Gasteiger partial charge in [0.2, 0.25) is 5.91 Å². The predicted octanol–water partition coefficient (Wildman–Crippen LogP) is 3.46. The number of hydrogen-bond acceptors (Lipinski definition) is 4. The minimum Gasteiger partial charge on any atom is -0.379 e. The summed E-state index contributed by atoms with van der Waals surface area (Å²) in [7, 11) is 0. The molecule has 0 unspecified atom stereocenters. The molecule has 0 saturated carbocycles. The number of amides is 2. The van der Waals surface area contributed by atoms with E-state index in [0.29, 0.717) is 31.9 Å². The number of benzene rings is 2. The van der Waals surface area contributed by atoms with Crippen LogP contribution in [0.4, 0.5) is 0 Å². The quantitative estimate of drug-likeness (QED) is 0.672. The third-order valence-corrected chi connectivity index (χ3v) is 5.90. The second kappa shape index (κ2) is 9.49. The van der Waals surface area contributed by atoms with Crippen molar-refractivity contribution < 1.29 is 14.3 Å². The van der Waals surface area contributed by atoms with Gasteiger partial charge >= 0.3 is 0 Å². The molecule has 166 valence electrons. The maximum atomic E-state index is 13.4. The van der Waals surface area contributed by atoms with Crippen molar-refractivity contribution in [1.29, 1.82) is 0 Å². The fraction of sp³-hybridized carbons (Fsp3) is 0.346. The molecule has 1 saturated heterocycles. The molecule has 0 spiro atoms. The first kappa shape index (κ1) is 22.0. The largest absolute Gasteiger partial charge is 0.379 e. The highest BCUT2D eigenvalue weighted by molar-refractivity contribution is 5.98. The summed E-state index contributed by atoms with van der Waals surface area (Å²) in [6.07, 6.45) is 4.49. The fourth-order valence-electron chi connectivity index (χ4n) is 4.25. The summed E-state index contributed by atoms with van der Waals surface area (Å²) in [5.74, 6) is -0.195. The molecule has 2 aromatic carbocycles. The first-order chi connectivity index (χ1) is 15.4. The molecule has 1 N–H and O–H groups in total. The van der Waals surface area contributed by atoms with E-state index in [4.69, 9.17) is 4.74 Å². The van der Waals surface area contributed by atoms with Crippen molar-refractivity contribution in [1.82, 2.24) is 15.2 Å². The molecule has 2 heterocycles. The van der Waals surface area contributed by atoms with Gasteiger partial charge in [-0.15, -0.1) is 0 Å². The van der Waals surface area contributed by atoms with Crippen molar-refractivity contribution in [3.8, 4) is 0 Å². The minimum absolute atomic E-state index is 0.100. The Morgan fingerprint density at radius 3 is 2.75 bits per heavy atom. The average molecular weight is 432 g/mol. The van der Waals surface area contributed by atoms with Gasteiger partial charge in [-0.25, -0.2) is 0 Å². The lowest BCUT2D eigenvalue weighted by Crippen LogP contribution is -2.56. The number of hydrogen-bond donors (Lipinski definition) is 1.